The van der Waals surface area contributed by atoms with Gasteiger partial charge in [-0.15, -0.1) is 0 Å². The normalized spacial score (nSPS) is 12.2. The monoisotopic (exact) mass is 548 g/mol. The molecule has 10 aromatic rings. The molecule has 0 unspecified atom stereocenters. The average Bonchev–Trinajstić information content (AvgIpc) is 3.71. The topological polar surface area (TPSA) is 23.0 Å². The summed E-state index contributed by atoms with van der Waals surface area (Å²) in [6.07, 6.45) is 0. The van der Waals surface area contributed by atoms with Crippen LogP contribution in [0.5, 0.6) is 0 Å². The van der Waals surface area contributed by atoms with Crippen LogP contribution in [0.15, 0.2) is 150 Å². The summed E-state index contributed by atoms with van der Waals surface area (Å²) in [6, 6.07) is 52.2. The van der Waals surface area contributed by atoms with Gasteiger partial charge < -0.3 is 13.6 Å². The van der Waals surface area contributed by atoms with Crippen molar-refractivity contribution in [2.75, 3.05) is 0 Å². The molecule has 0 fully saturated rings. The number of aromatic nitrogens is 2. The van der Waals surface area contributed by atoms with Gasteiger partial charge in [-0.3, -0.25) is 0 Å². The van der Waals surface area contributed by atoms with Gasteiger partial charge >= 0.3 is 0 Å². The van der Waals surface area contributed by atoms with Gasteiger partial charge in [0, 0.05) is 38.3 Å². The zero-order valence-corrected chi connectivity index (χ0v) is 23.2. The number of hydrogen-bond donors (Lipinski definition) is 0. The van der Waals surface area contributed by atoms with E-state index in [1.807, 2.05) is 6.07 Å². The predicted molar refractivity (Wildman–Crippen MR) is 180 cm³/mol. The van der Waals surface area contributed by atoms with Gasteiger partial charge in [-0.25, -0.2) is 0 Å². The lowest BCUT2D eigenvalue weighted by molar-refractivity contribution is 0.673. The van der Waals surface area contributed by atoms with Crippen molar-refractivity contribution in [2.24, 2.45) is 0 Å². The Hall–Kier alpha value is -5.80. The van der Waals surface area contributed by atoms with Gasteiger partial charge in [-0.2, -0.15) is 0 Å². The van der Waals surface area contributed by atoms with Crippen LogP contribution in [0, 0.1) is 0 Å². The second-order valence-corrected chi connectivity index (χ2v) is 11.3. The molecule has 43 heavy (non-hydrogen) atoms. The summed E-state index contributed by atoms with van der Waals surface area (Å²) in [6.45, 7) is 0. The van der Waals surface area contributed by atoms with Crippen LogP contribution in [0.3, 0.4) is 0 Å². The Morgan fingerprint density at radius 3 is 1.70 bits per heavy atom. The number of hydrogen-bond acceptors (Lipinski definition) is 1. The van der Waals surface area contributed by atoms with Crippen molar-refractivity contribution in [3.05, 3.63) is 146 Å². The lowest BCUT2D eigenvalue weighted by Gasteiger charge is -2.10. The zero-order valence-electron chi connectivity index (χ0n) is 23.2. The first kappa shape index (κ1) is 22.8. The molecule has 3 aromatic heterocycles. The van der Waals surface area contributed by atoms with Crippen LogP contribution >= 0.6 is 0 Å². The van der Waals surface area contributed by atoms with E-state index in [1.165, 1.54) is 38.0 Å². The maximum absolute atomic E-state index is 6.65. The van der Waals surface area contributed by atoms with Crippen LogP contribution in [-0.4, -0.2) is 9.13 Å². The van der Waals surface area contributed by atoms with E-state index in [1.54, 1.807) is 0 Å². The first-order chi connectivity index (χ1) is 21.3. The average molecular weight is 549 g/mol. The Balaban J connectivity index is 1.48. The minimum absolute atomic E-state index is 0.915. The maximum atomic E-state index is 6.65. The molecule has 3 heterocycles. The fourth-order valence-electron chi connectivity index (χ4n) is 7.27. The van der Waals surface area contributed by atoms with E-state index in [-0.39, 0.29) is 0 Å². The predicted octanol–water partition coefficient (Wildman–Crippen LogP) is 10.9. The van der Waals surface area contributed by atoms with E-state index in [0.29, 0.717) is 0 Å². The second kappa shape index (κ2) is 8.37. The molecule has 0 atom stereocenters. The van der Waals surface area contributed by atoms with Crippen molar-refractivity contribution < 1.29 is 4.42 Å². The van der Waals surface area contributed by atoms with Crippen molar-refractivity contribution in [1.82, 2.24) is 9.13 Å². The molecule has 0 aliphatic rings. The van der Waals surface area contributed by atoms with E-state index in [0.717, 1.165) is 49.7 Å². The number of para-hydroxylation sites is 3. The third-order valence-corrected chi connectivity index (χ3v) is 9.08. The first-order valence-electron chi connectivity index (χ1n) is 14.7. The highest BCUT2D eigenvalue weighted by Gasteiger charge is 2.22. The van der Waals surface area contributed by atoms with E-state index >= 15 is 0 Å². The highest BCUT2D eigenvalue weighted by Crippen LogP contribution is 2.44. The van der Waals surface area contributed by atoms with E-state index < -0.39 is 0 Å². The summed E-state index contributed by atoms with van der Waals surface area (Å²) in [5, 5.41) is 9.65. The number of benzene rings is 7. The van der Waals surface area contributed by atoms with Crippen LogP contribution in [0.25, 0.3) is 87.7 Å². The van der Waals surface area contributed by atoms with Crippen LogP contribution in [0.4, 0.5) is 0 Å². The molecule has 0 saturated heterocycles. The number of rotatable bonds is 2. The largest absolute Gasteiger partial charge is 0.455 e. The SMILES string of the molecule is c1ccc(-n2c3cc4c(cc3c3c5ccccc5ccc32)c2c3oc5ccccc5c3ccc2n4-c2ccccc2)cc1. The highest BCUT2D eigenvalue weighted by molar-refractivity contribution is 6.29. The molecule has 10 rings (SSSR count). The smallest absolute Gasteiger partial charge is 0.145 e. The maximum Gasteiger partial charge on any atom is 0.145 e. The van der Waals surface area contributed by atoms with Crippen LogP contribution < -0.4 is 0 Å². The van der Waals surface area contributed by atoms with E-state index in [9.17, 15) is 0 Å². The lowest BCUT2D eigenvalue weighted by atomic mass is 10.0. The molecular formula is C40H24N2O. The van der Waals surface area contributed by atoms with Crippen LogP contribution in [-0.2, 0) is 0 Å². The molecule has 0 N–H and O–H groups in total. The van der Waals surface area contributed by atoms with Crippen LogP contribution in [0.2, 0.25) is 0 Å². The summed E-state index contributed by atoms with van der Waals surface area (Å²) >= 11 is 0. The van der Waals surface area contributed by atoms with Crippen molar-refractivity contribution in [3.63, 3.8) is 0 Å². The van der Waals surface area contributed by atoms with Crippen molar-refractivity contribution in [2.45, 2.75) is 0 Å². The van der Waals surface area contributed by atoms with Gasteiger partial charge in [0.1, 0.15) is 11.2 Å². The van der Waals surface area contributed by atoms with Gasteiger partial charge in [0.05, 0.1) is 27.5 Å². The van der Waals surface area contributed by atoms with Gasteiger partial charge in [0.15, 0.2) is 0 Å². The lowest BCUT2D eigenvalue weighted by Crippen LogP contribution is -1.95. The fourth-order valence-corrected chi connectivity index (χ4v) is 7.27. The number of nitrogens with zero attached hydrogens (tertiary/aromatic N) is 2. The number of furan rings is 1. The molecule has 0 amide bonds. The number of fused-ring (bicyclic) bond motifs is 12. The molecule has 0 radical (unpaired) electrons. The third kappa shape index (κ3) is 3.03. The van der Waals surface area contributed by atoms with Gasteiger partial charge in [0.25, 0.3) is 0 Å². The fraction of sp³-hybridized carbons (Fsp3) is 0. The molecule has 200 valence electrons. The van der Waals surface area contributed by atoms with E-state index in [4.69, 9.17) is 4.42 Å². The van der Waals surface area contributed by atoms with Gasteiger partial charge in [-0.05, 0) is 71.4 Å². The summed E-state index contributed by atoms with van der Waals surface area (Å²) in [5.41, 5.74) is 8.83. The molecule has 0 saturated carbocycles. The molecule has 0 aliphatic heterocycles. The molecule has 3 nitrogen and oxygen atoms in total. The highest BCUT2D eigenvalue weighted by atomic mass is 16.3. The standard InChI is InChI=1S/C40H24N2O/c1-3-12-26(13-4-1)41-33-21-19-25-11-7-8-16-28(25)38(33)31-23-32-36(24-35(31)41)42(27-14-5-2-6-15-27)34-22-20-30-29-17-9-10-18-37(29)43-40(30)39(32)34/h1-24H. The Labute approximate surface area is 246 Å². The summed E-state index contributed by atoms with van der Waals surface area (Å²) in [7, 11) is 0. The van der Waals surface area contributed by atoms with Crippen molar-refractivity contribution in [1.29, 1.82) is 0 Å². The van der Waals surface area contributed by atoms with E-state index in [2.05, 4.69) is 149 Å². The second-order valence-electron chi connectivity index (χ2n) is 11.3. The van der Waals surface area contributed by atoms with Crippen molar-refractivity contribution >= 4 is 76.3 Å². The van der Waals surface area contributed by atoms with Crippen molar-refractivity contribution in [3.8, 4) is 11.4 Å². The minimum Gasteiger partial charge on any atom is -0.455 e. The van der Waals surface area contributed by atoms with Crippen LogP contribution in [0.1, 0.15) is 0 Å². The third-order valence-electron chi connectivity index (χ3n) is 9.08. The Morgan fingerprint density at radius 1 is 0.372 bits per heavy atom. The quantitative estimate of drug-likeness (QED) is 0.211. The molecule has 3 heteroatoms. The zero-order chi connectivity index (χ0) is 28.1. The Bertz CT molecular complexity index is 2710. The molecule has 7 aromatic carbocycles. The van der Waals surface area contributed by atoms with Gasteiger partial charge in [-0.1, -0.05) is 84.9 Å². The molecular weight excluding hydrogens is 524 g/mol. The Kier molecular flexibility index (Phi) is 4.45. The minimum atomic E-state index is 0.915. The summed E-state index contributed by atoms with van der Waals surface area (Å²) < 4.78 is 11.5. The molecule has 0 spiro atoms. The molecule has 0 bridgehead atoms. The summed E-state index contributed by atoms with van der Waals surface area (Å²) in [5.74, 6) is 0. The first-order valence-corrected chi connectivity index (χ1v) is 14.7. The van der Waals surface area contributed by atoms with Gasteiger partial charge in [0.2, 0.25) is 0 Å². The Morgan fingerprint density at radius 2 is 0.953 bits per heavy atom. The summed E-state index contributed by atoms with van der Waals surface area (Å²) in [4.78, 5) is 0. The molecule has 0 aliphatic carbocycles.